The van der Waals surface area contributed by atoms with Gasteiger partial charge >= 0.3 is 0 Å². The first-order chi connectivity index (χ1) is 18.7. The highest BCUT2D eigenvalue weighted by molar-refractivity contribution is 5.51. The number of hydrogen-bond acceptors (Lipinski definition) is 4. The van der Waals surface area contributed by atoms with E-state index in [1.54, 1.807) is 0 Å². The van der Waals surface area contributed by atoms with E-state index in [1.165, 1.54) is 14.2 Å². The number of rotatable bonds is 7. The molecule has 39 heavy (non-hydrogen) atoms. The van der Waals surface area contributed by atoms with E-state index >= 15 is 8.78 Å². The molecule has 5 atom stereocenters. The first kappa shape index (κ1) is 26.6. The molecule has 5 unspecified atom stereocenters. The first-order valence-corrected chi connectivity index (χ1v) is 12.7. The minimum Gasteiger partial charge on any atom is -0.494 e. The fraction of sp³-hybridized carbons (Fsp3) is 0.250. The van der Waals surface area contributed by atoms with Crippen LogP contribution in [-0.4, -0.2) is 31.3 Å². The highest BCUT2D eigenvalue weighted by Gasteiger charge is 2.57. The SMILES string of the molecule is C=C1C(=C)N2C(N)C(=C)C1C(C(F)c1cc(OC)c(F)c(F)c1OC)C2C(c1ccccc1)c1ccccc1. The van der Waals surface area contributed by atoms with Gasteiger partial charge in [-0.25, -0.2) is 4.39 Å². The fourth-order valence-corrected chi connectivity index (χ4v) is 6.33. The minimum absolute atomic E-state index is 0.156. The Morgan fingerprint density at radius 2 is 1.44 bits per heavy atom. The molecule has 2 bridgehead atoms. The standard InChI is InChI=1S/C32H31F3N2O2/c1-17-19(3)37-30(25(20-12-8-6-9-13-20)21-14-10-7-11-15-21)26(24(17)18(2)32(37)36)27(33)22-16-23(38-4)28(34)29(35)31(22)39-5/h6-16,24-27,30,32H,1-3,36H2,4-5H3. The van der Waals surface area contributed by atoms with Crippen molar-refractivity contribution in [2.24, 2.45) is 17.6 Å². The van der Waals surface area contributed by atoms with Crippen molar-refractivity contribution in [1.29, 1.82) is 0 Å². The number of hydrogen-bond donors (Lipinski definition) is 1. The largest absolute Gasteiger partial charge is 0.494 e. The molecule has 2 N–H and O–H groups in total. The van der Waals surface area contributed by atoms with Gasteiger partial charge in [-0.05, 0) is 28.3 Å². The van der Waals surface area contributed by atoms with Gasteiger partial charge in [0, 0.05) is 35.1 Å². The lowest BCUT2D eigenvalue weighted by Gasteiger charge is -2.60. The second-order valence-corrected chi connectivity index (χ2v) is 9.97. The van der Waals surface area contributed by atoms with Gasteiger partial charge in [0.05, 0.1) is 20.4 Å². The zero-order valence-corrected chi connectivity index (χ0v) is 21.9. The van der Waals surface area contributed by atoms with Gasteiger partial charge < -0.3 is 20.1 Å². The second kappa shape index (κ2) is 10.3. The number of nitrogens with two attached hydrogens (primary N) is 1. The molecule has 3 fully saturated rings. The summed E-state index contributed by atoms with van der Waals surface area (Å²) in [5.74, 6) is -5.27. The summed E-state index contributed by atoms with van der Waals surface area (Å²) >= 11 is 0. The Balaban J connectivity index is 1.77. The number of methoxy groups -OCH3 is 2. The molecule has 3 aliphatic heterocycles. The monoisotopic (exact) mass is 532 g/mol. The van der Waals surface area contributed by atoms with Gasteiger partial charge in [0.25, 0.3) is 0 Å². The van der Waals surface area contributed by atoms with Crippen LogP contribution in [-0.2, 0) is 0 Å². The lowest BCUT2D eigenvalue weighted by Crippen LogP contribution is -2.65. The van der Waals surface area contributed by atoms with Gasteiger partial charge in [-0.2, -0.15) is 8.78 Å². The molecule has 4 nitrogen and oxygen atoms in total. The average Bonchev–Trinajstić information content (AvgIpc) is 2.95. The second-order valence-electron chi connectivity index (χ2n) is 9.97. The summed E-state index contributed by atoms with van der Waals surface area (Å²) in [6.45, 7) is 12.7. The maximum Gasteiger partial charge on any atom is 0.204 e. The zero-order chi connectivity index (χ0) is 28.0. The smallest absolute Gasteiger partial charge is 0.204 e. The molecule has 202 valence electrons. The van der Waals surface area contributed by atoms with E-state index in [9.17, 15) is 4.39 Å². The molecular weight excluding hydrogens is 501 g/mol. The summed E-state index contributed by atoms with van der Waals surface area (Å²) in [5.41, 5.74) is 10.2. The summed E-state index contributed by atoms with van der Waals surface area (Å²) < 4.78 is 57.1. The number of nitrogens with zero attached hydrogens (tertiary/aromatic N) is 1. The molecule has 7 heteroatoms. The molecule has 3 heterocycles. The molecular formula is C32H31F3N2O2. The Labute approximate surface area is 226 Å². The molecule has 3 aromatic rings. The minimum atomic E-state index is -1.83. The van der Waals surface area contributed by atoms with Gasteiger partial charge in [-0.1, -0.05) is 80.4 Å². The first-order valence-electron chi connectivity index (χ1n) is 12.7. The topological polar surface area (TPSA) is 47.7 Å². The predicted octanol–water partition coefficient (Wildman–Crippen LogP) is 6.67. The summed E-state index contributed by atoms with van der Waals surface area (Å²) in [6, 6.07) is 20.1. The van der Waals surface area contributed by atoms with Crippen molar-refractivity contribution in [2.45, 2.75) is 24.3 Å². The van der Waals surface area contributed by atoms with Crippen molar-refractivity contribution in [3.63, 3.8) is 0 Å². The average molecular weight is 533 g/mol. The normalized spacial score (nSPS) is 23.4. The van der Waals surface area contributed by atoms with Crippen LogP contribution < -0.4 is 15.2 Å². The Kier molecular flexibility index (Phi) is 7.03. The Morgan fingerprint density at radius 1 is 0.872 bits per heavy atom. The van der Waals surface area contributed by atoms with Crippen LogP contribution in [0.1, 0.15) is 28.8 Å². The molecule has 0 radical (unpaired) electrons. The summed E-state index contributed by atoms with van der Waals surface area (Å²) in [4.78, 5) is 1.89. The number of fused-ring (bicyclic) bond motifs is 3. The van der Waals surface area contributed by atoms with Crippen LogP contribution in [0.5, 0.6) is 11.5 Å². The van der Waals surface area contributed by atoms with Crippen LogP contribution in [0.3, 0.4) is 0 Å². The number of alkyl halides is 1. The van der Waals surface area contributed by atoms with Crippen molar-refractivity contribution in [3.8, 4) is 11.5 Å². The summed E-state index contributed by atoms with van der Waals surface area (Å²) in [6.07, 6.45) is -2.46. The molecule has 3 saturated heterocycles. The number of halogens is 3. The molecule has 0 saturated carbocycles. The van der Waals surface area contributed by atoms with E-state index in [0.29, 0.717) is 16.8 Å². The highest BCUT2D eigenvalue weighted by atomic mass is 19.2. The number of benzene rings is 3. The third-order valence-corrected chi connectivity index (χ3v) is 8.11. The van der Waals surface area contributed by atoms with Gasteiger partial charge in [-0.3, -0.25) is 0 Å². The molecule has 3 aromatic carbocycles. The Hall–Kier alpha value is -3.97. The summed E-state index contributed by atoms with van der Waals surface area (Å²) in [5, 5.41) is 0. The molecule has 0 amide bonds. The molecule has 0 aliphatic carbocycles. The van der Waals surface area contributed by atoms with Crippen LogP contribution in [0, 0.1) is 23.5 Å². The van der Waals surface area contributed by atoms with Crippen LogP contribution in [0.2, 0.25) is 0 Å². The van der Waals surface area contributed by atoms with E-state index in [1.807, 2.05) is 65.6 Å². The van der Waals surface area contributed by atoms with Crippen LogP contribution in [0.4, 0.5) is 13.2 Å². The maximum absolute atomic E-state index is 17.2. The van der Waals surface area contributed by atoms with Crippen molar-refractivity contribution in [3.05, 3.63) is 132 Å². The third kappa shape index (κ3) is 4.12. The van der Waals surface area contributed by atoms with Gasteiger partial charge in [-0.15, -0.1) is 0 Å². The molecule has 0 aromatic heterocycles. The van der Waals surface area contributed by atoms with Crippen LogP contribution in [0.25, 0.3) is 0 Å². The Bertz CT molecular complexity index is 1390. The molecule has 6 rings (SSSR count). The summed E-state index contributed by atoms with van der Waals surface area (Å²) in [7, 11) is 2.38. The Morgan fingerprint density at radius 3 is 1.95 bits per heavy atom. The van der Waals surface area contributed by atoms with E-state index < -0.39 is 53.3 Å². The van der Waals surface area contributed by atoms with Gasteiger partial charge in [0.15, 0.2) is 11.5 Å². The highest BCUT2D eigenvalue weighted by Crippen LogP contribution is 2.58. The quantitative estimate of drug-likeness (QED) is 0.346. The van der Waals surface area contributed by atoms with Crippen LogP contribution in [0.15, 0.2) is 103 Å². The maximum atomic E-state index is 17.2. The van der Waals surface area contributed by atoms with E-state index in [0.717, 1.165) is 17.2 Å². The third-order valence-electron chi connectivity index (χ3n) is 8.11. The van der Waals surface area contributed by atoms with Crippen molar-refractivity contribution in [1.82, 2.24) is 4.90 Å². The van der Waals surface area contributed by atoms with Gasteiger partial charge in [0.2, 0.25) is 11.6 Å². The van der Waals surface area contributed by atoms with E-state index in [-0.39, 0.29) is 11.5 Å². The number of allylic oxidation sites excluding steroid dienone is 1. The van der Waals surface area contributed by atoms with Crippen molar-refractivity contribution >= 4 is 0 Å². The van der Waals surface area contributed by atoms with Gasteiger partial charge in [0.1, 0.15) is 6.17 Å². The molecule has 0 spiro atoms. The number of piperidine rings is 3. The molecule has 3 aliphatic rings. The lowest BCUT2D eigenvalue weighted by molar-refractivity contribution is 0.00292. The van der Waals surface area contributed by atoms with Crippen molar-refractivity contribution in [2.75, 3.05) is 14.2 Å². The zero-order valence-electron chi connectivity index (χ0n) is 21.9. The van der Waals surface area contributed by atoms with E-state index in [2.05, 4.69) is 19.7 Å². The predicted molar refractivity (Wildman–Crippen MR) is 146 cm³/mol. The van der Waals surface area contributed by atoms with Crippen molar-refractivity contribution < 1.29 is 22.6 Å². The van der Waals surface area contributed by atoms with E-state index in [4.69, 9.17) is 15.2 Å². The van der Waals surface area contributed by atoms with Crippen LogP contribution >= 0.6 is 0 Å². The number of ether oxygens (including phenoxy) is 2. The lowest BCUT2D eigenvalue weighted by atomic mass is 9.60. The fourth-order valence-electron chi connectivity index (χ4n) is 6.33.